The van der Waals surface area contributed by atoms with Crippen LogP contribution in [0.2, 0.25) is 0 Å². The molecule has 124 valence electrons. The lowest BCUT2D eigenvalue weighted by molar-refractivity contribution is 0.394. The standard InChI is InChI=1S/C17H26N6/c1-18-16-11-17(21-13-20-16)22-15-7-4-6-14(10-15)12-19-8-5-9-23(2)3/h4,6-7,10-11,13,19H,5,8-9,12H2,1-3H3,(H2,18,20,21,22). The molecule has 0 saturated carbocycles. The highest BCUT2D eigenvalue weighted by atomic mass is 15.1. The number of nitrogens with zero attached hydrogens (tertiary/aromatic N) is 3. The molecule has 0 unspecified atom stereocenters. The molecule has 0 atom stereocenters. The van der Waals surface area contributed by atoms with Crippen molar-refractivity contribution in [2.45, 2.75) is 13.0 Å². The molecule has 6 heteroatoms. The molecular weight excluding hydrogens is 288 g/mol. The van der Waals surface area contributed by atoms with E-state index in [2.05, 4.69) is 63.1 Å². The Kier molecular flexibility index (Phi) is 6.77. The van der Waals surface area contributed by atoms with E-state index in [9.17, 15) is 0 Å². The van der Waals surface area contributed by atoms with Crippen LogP contribution in [0.5, 0.6) is 0 Å². The molecule has 1 heterocycles. The third-order valence-corrected chi connectivity index (χ3v) is 3.41. The summed E-state index contributed by atoms with van der Waals surface area (Å²) in [5, 5.41) is 9.79. The summed E-state index contributed by atoms with van der Waals surface area (Å²) in [5.74, 6) is 1.57. The first-order valence-electron chi connectivity index (χ1n) is 7.88. The van der Waals surface area contributed by atoms with Crippen molar-refractivity contribution >= 4 is 17.3 Å². The average Bonchev–Trinajstić information content (AvgIpc) is 2.55. The lowest BCUT2D eigenvalue weighted by atomic mass is 10.2. The van der Waals surface area contributed by atoms with Crippen LogP contribution in [0.25, 0.3) is 0 Å². The van der Waals surface area contributed by atoms with Crippen LogP contribution >= 0.6 is 0 Å². The zero-order valence-electron chi connectivity index (χ0n) is 14.1. The Labute approximate surface area is 138 Å². The summed E-state index contributed by atoms with van der Waals surface area (Å²) < 4.78 is 0. The minimum Gasteiger partial charge on any atom is -0.373 e. The Bertz CT molecular complexity index is 599. The molecule has 0 aliphatic heterocycles. The lowest BCUT2D eigenvalue weighted by Crippen LogP contribution is -2.21. The van der Waals surface area contributed by atoms with Crippen LogP contribution in [0, 0.1) is 0 Å². The van der Waals surface area contributed by atoms with Crippen molar-refractivity contribution in [1.29, 1.82) is 0 Å². The highest BCUT2D eigenvalue weighted by Gasteiger charge is 2.00. The lowest BCUT2D eigenvalue weighted by Gasteiger charge is -2.11. The fraction of sp³-hybridized carbons (Fsp3) is 0.412. The van der Waals surface area contributed by atoms with Crippen LogP contribution in [0.3, 0.4) is 0 Å². The predicted octanol–water partition coefficient (Wildman–Crippen LogP) is 2.30. The smallest absolute Gasteiger partial charge is 0.135 e. The number of benzene rings is 1. The summed E-state index contributed by atoms with van der Waals surface area (Å²) in [6, 6.07) is 10.2. The summed E-state index contributed by atoms with van der Waals surface area (Å²) in [6.45, 7) is 3.00. The molecule has 0 fully saturated rings. The van der Waals surface area contributed by atoms with E-state index in [-0.39, 0.29) is 0 Å². The molecule has 0 saturated heterocycles. The van der Waals surface area contributed by atoms with Gasteiger partial charge in [0, 0.05) is 25.3 Å². The van der Waals surface area contributed by atoms with Crippen LogP contribution in [-0.2, 0) is 6.54 Å². The minimum atomic E-state index is 0.778. The van der Waals surface area contributed by atoms with E-state index in [1.165, 1.54) is 5.56 Å². The van der Waals surface area contributed by atoms with Gasteiger partial charge in [-0.3, -0.25) is 0 Å². The van der Waals surface area contributed by atoms with Crippen LogP contribution in [-0.4, -0.2) is 49.1 Å². The maximum absolute atomic E-state index is 4.23. The molecule has 23 heavy (non-hydrogen) atoms. The Morgan fingerprint density at radius 1 is 1.09 bits per heavy atom. The maximum atomic E-state index is 4.23. The monoisotopic (exact) mass is 314 g/mol. The van der Waals surface area contributed by atoms with E-state index in [1.54, 1.807) is 6.33 Å². The van der Waals surface area contributed by atoms with Crippen molar-refractivity contribution < 1.29 is 0 Å². The van der Waals surface area contributed by atoms with E-state index in [0.29, 0.717) is 0 Å². The fourth-order valence-electron chi connectivity index (χ4n) is 2.22. The quantitative estimate of drug-likeness (QED) is 0.617. The van der Waals surface area contributed by atoms with Crippen molar-refractivity contribution in [3.05, 3.63) is 42.2 Å². The third kappa shape index (κ3) is 6.22. The molecule has 0 aliphatic rings. The number of hydrogen-bond donors (Lipinski definition) is 3. The number of anilines is 3. The Balaban J connectivity index is 1.86. The summed E-state index contributed by atoms with van der Waals surface area (Å²) in [6.07, 6.45) is 2.70. The molecule has 1 aromatic heterocycles. The molecule has 0 bridgehead atoms. The molecule has 6 nitrogen and oxygen atoms in total. The largest absolute Gasteiger partial charge is 0.373 e. The van der Waals surface area contributed by atoms with Gasteiger partial charge in [0.05, 0.1) is 0 Å². The van der Waals surface area contributed by atoms with E-state index >= 15 is 0 Å². The van der Waals surface area contributed by atoms with Gasteiger partial charge in [-0.05, 0) is 51.3 Å². The summed E-state index contributed by atoms with van der Waals surface area (Å²) in [7, 11) is 6.04. The Hall–Kier alpha value is -2.18. The second kappa shape index (κ2) is 9.07. The normalized spacial score (nSPS) is 10.8. The molecule has 2 rings (SSSR count). The highest BCUT2D eigenvalue weighted by Crippen LogP contribution is 2.17. The van der Waals surface area contributed by atoms with Gasteiger partial charge < -0.3 is 20.9 Å². The van der Waals surface area contributed by atoms with Crippen LogP contribution in [0.1, 0.15) is 12.0 Å². The predicted molar refractivity (Wildman–Crippen MR) is 96.2 cm³/mol. The fourth-order valence-corrected chi connectivity index (χ4v) is 2.22. The molecule has 0 spiro atoms. The van der Waals surface area contributed by atoms with Gasteiger partial charge in [0.25, 0.3) is 0 Å². The molecular formula is C17H26N6. The van der Waals surface area contributed by atoms with E-state index in [4.69, 9.17) is 0 Å². The Morgan fingerprint density at radius 3 is 2.70 bits per heavy atom. The van der Waals surface area contributed by atoms with Gasteiger partial charge in [0.1, 0.15) is 18.0 Å². The molecule has 1 aromatic carbocycles. The number of hydrogen-bond acceptors (Lipinski definition) is 6. The van der Waals surface area contributed by atoms with Gasteiger partial charge in [0.15, 0.2) is 0 Å². The van der Waals surface area contributed by atoms with Gasteiger partial charge in [0.2, 0.25) is 0 Å². The van der Waals surface area contributed by atoms with Crippen LogP contribution < -0.4 is 16.0 Å². The maximum Gasteiger partial charge on any atom is 0.135 e. The third-order valence-electron chi connectivity index (χ3n) is 3.41. The first kappa shape index (κ1) is 17.2. The molecule has 2 aromatic rings. The van der Waals surface area contributed by atoms with Crippen LogP contribution in [0.4, 0.5) is 17.3 Å². The number of rotatable bonds is 9. The summed E-state index contributed by atoms with van der Waals surface area (Å²) in [5.41, 5.74) is 2.28. The van der Waals surface area contributed by atoms with Gasteiger partial charge in [-0.2, -0.15) is 0 Å². The topological polar surface area (TPSA) is 65.1 Å². The molecule has 0 radical (unpaired) electrons. The van der Waals surface area contributed by atoms with Gasteiger partial charge in [-0.25, -0.2) is 9.97 Å². The average molecular weight is 314 g/mol. The van der Waals surface area contributed by atoms with E-state index in [0.717, 1.165) is 43.4 Å². The van der Waals surface area contributed by atoms with Gasteiger partial charge in [-0.1, -0.05) is 12.1 Å². The van der Waals surface area contributed by atoms with Crippen molar-refractivity contribution in [3.63, 3.8) is 0 Å². The Morgan fingerprint density at radius 2 is 1.91 bits per heavy atom. The first-order chi connectivity index (χ1) is 11.2. The zero-order chi connectivity index (χ0) is 16.5. The molecule has 0 aliphatic carbocycles. The summed E-state index contributed by atoms with van der Waals surface area (Å²) >= 11 is 0. The number of nitrogens with one attached hydrogen (secondary N) is 3. The second-order valence-corrected chi connectivity index (χ2v) is 5.70. The zero-order valence-corrected chi connectivity index (χ0v) is 14.1. The van der Waals surface area contributed by atoms with E-state index in [1.807, 2.05) is 19.2 Å². The van der Waals surface area contributed by atoms with Gasteiger partial charge >= 0.3 is 0 Å². The number of aromatic nitrogens is 2. The molecule has 3 N–H and O–H groups in total. The van der Waals surface area contributed by atoms with Crippen molar-refractivity contribution in [3.8, 4) is 0 Å². The second-order valence-electron chi connectivity index (χ2n) is 5.70. The van der Waals surface area contributed by atoms with Crippen molar-refractivity contribution in [1.82, 2.24) is 20.2 Å². The van der Waals surface area contributed by atoms with Crippen LogP contribution in [0.15, 0.2) is 36.7 Å². The SMILES string of the molecule is CNc1cc(Nc2cccc(CNCCCN(C)C)c2)ncn1. The summed E-state index contributed by atoms with van der Waals surface area (Å²) in [4.78, 5) is 10.5. The van der Waals surface area contributed by atoms with Crippen molar-refractivity contribution in [2.75, 3.05) is 44.9 Å². The highest BCUT2D eigenvalue weighted by molar-refractivity contribution is 5.59. The minimum absolute atomic E-state index is 0.778. The van der Waals surface area contributed by atoms with Gasteiger partial charge in [-0.15, -0.1) is 0 Å². The molecule has 0 amide bonds. The van der Waals surface area contributed by atoms with Crippen molar-refractivity contribution in [2.24, 2.45) is 0 Å². The first-order valence-corrected chi connectivity index (χ1v) is 7.88. The van der Waals surface area contributed by atoms with E-state index < -0.39 is 0 Å².